The molecule has 120 valence electrons. The van der Waals surface area contributed by atoms with Gasteiger partial charge in [-0.25, -0.2) is 4.68 Å². The van der Waals surface area contributed by atoms with E-state index < -0.39 is 0 Å². The van der Waals surface area contributed by atoms with Crippen LogP contribution in [0.2, 0.25) is 0 Å². The van der Waals surface area contributed by atoms with Crippen molar-refractivity contribution in [2.45, 2.75) is 33.2 Å². The zero-order chi connectivity index (χ0) is 15.9. The van der Waals surface area contributed by atoms with Crippen molar-refractivity contribution in [1.29, 1.82) is 0 Å². The highest BCUT2D eigenvalue weighted by atomic mass is 32.1. The molecular formula is C15H22N4O2S. The molecule has 1 aromatic heterocycles. The molecule has 0 saturated heterocycles. The normalized spacial score (nSPS) is 10.5. The molecule has 0 aliphatic rings. The van der Waals surface area contributed by atoms with E-state index in [0.29, 0.717) is 17.9 Å². The number of hydrogen-bond donors (Lipinski definition) is 2. The standard InChI is InChI=1S/C15H22N4O2S/c1-4-7-13-17-18-15(22)19(13)16-10-11-8-6-9-12(20-3)14(11)21-5-2/h6,8-9,16H,4-5,7,10H2,1-3H3,(H,18,22). The average molecular weight is 322 g/mol. The minimum absolute atomic E-state index is 0.560. The number of para-hydroxylation sites is 1. The predicted octanol–water partition coefficient (Wildman–Crippen LogP) is 3.04. The Bertz CT molecular complexity index is 666. The Kier molecular flexibility index (Phi) is 5.83. The smallest absolute Gasteiger partial charge is 0.214 e. The van der Waals surface area contributed by atoms with Crippen LogP contribution >= 0.6 is 12.2 Å². The van der Waals surface area contributed by atoms with E-state index in [2.05, 4.69) is 22.5 Å². The summed E-state index contributed by atoms with van der Waals surface area (Å²) >= 11 is 5.26. The van der Waals surface area contributed by atoms with Gasteiger partial charge in [-0.05, 0) is 31.6 Å². The Morgan fingerprint density at radius 2 is 2.18 bits per heavy atom. The summed E-state index contributed by atoms with van der Waals surface area (Å²) in [5, 5.41) is 7.06. The second-order valence-corrected chi connectivity index (χ2v) is 5.13. The van der Waals surface area contributed by atoms with Gasteiger partial charge in [0.15, 0.2) is 17.3 Å². The molecule has 0 aliphatic carbocycles. The van der Waals surface area contributed by atoms with Gasteiger partial charge in [-0.1, -0.05) is 19.1 Å². The van der Waals surface area contributed by atoms with E-state index in [1.54, 1.807) is 7.11 Å². The molecule has 0 aliphatic heterocycles. The van der Waals surface area contributed by atoms with Gasteiger partial charge in [0.05, 0.1) is 20.3 Å². The number of methoxy groups -OCH3 is 1. The number of aromatic amines is 1. The quantitative estimate of drug-likeness (QED) is 0.731. The number of hydrogen-bond acceptors (Lipinski definition) is 5. The van der Waals surface area contributed by atoms with E-state index in [-0.39, 0.29) is 0 Å². The highest BCUT2D eigenvalue weighted by Crippen LogP contribution is 2.31. The van der Waals surface area contributed by atoms with Gasteiger partial charge < -0.3 is 14.9 Å². The van der Waals surface area contributed by atoms with Gasteiger partial charge in [0.25, 0.3) is 0 Å². The Morgan fingerprint density at radius 1 is 1.36 bits per heavy atom. The van der Waals surface area contributed by atoms with Crippen molar-refractivity contribution in [1.82, 2.24) is 14.9 Å². The molecule has 0 radical (unpaired) electrons. The maximum Gasteiger partial charge on any atom is 0.214 e. The summed E-state index contributed by atoms with van der Waals surface area (Å²) in [4.78, 5) is 0. The summed E-state index contributed by atoms with van der Waals surface area (Å²) in [6, 6.07) is 5.84. The van der Waals surface area contributed by atoms with Crippen molar-refractivity contribution in [2.75, 3.05) is 19.1 Å². The molecule has 1 aromatic carbocycles. The van der Waals surface area contributed by atoms with Crippen LogP contribution in [0.25, 0.3) is 0 Å². The zero-order valence-corrected chi connectivity index (χ0v) is 14.0. The van der Waals surface area contributed by atoms with Crippen LogP contribution in [-0.2, 0) is 13.0 Å². The predicted molar refractivity (Wildman–Crippen MR) is 88.6 cm³/mol. The Morgan fingerprint density at radius 3 is 2.86 bits per heavy atom. The van der Waals surface area contributed by atoms with Crippen molar-refractivity contribution in [2.24, 2.45) is 0 Å². The summed E-state index contributed by atoms with van der Waals surface area (Å²) < 4.78 is 13.4. The van der Waals surface area contributed by atoms with E-state index in [0.717, 1.165) is 35.7 Å². The van der Waals surface area contributed by atoms with Crippen molar-refractivity contribution < 1.29 is 9.47 Å². The number of nitrogens with one attached hydrogen (secondary N) is 2. The lowest BCUT2D eigenvalue weighted by Crippen LogP contribution is -2.18. The van der Waals surface area contributed by atoms with Gasteiger partial charge in [-0.2, -0.15) is 5.10 Å². The lowest BCUT2D eigenvalue weighted by molar-refractivity contribution is 0.307. The highest BCUT2D eigenvalue weighted by Gasteiger charge is 2.11. The minimum Gasteiger partial charge on any atom is -0.493 e. The van der Waals surface area contributed by atoms with Crippen molar-refractivity contribution >= 4 is 12.2 Å². The number of aromatic nitrogens is 3. The number of H-pyrrole nitrogens is 1. The van der Waals surface area contributed by atoms with Gasteiger partial charge in [0.1, 0.15) is 0 Å². The molecule has 1 heterocycles. The van der Waals surface area contributed by atoms with Crippen LogP contribution in [0.5, 0.6) is 11.5 Å². The van der Waals surface area contributed by atoms with Crippen LogP contribution in [0.1, 0.15) is 31.7 Å². The SMILES string of the molecule is CCCc1n[nH]c(=S)n1NCc1cccc(OC)c1OCC. The van der Waals surface area contributed by atoms with Crippen molar-refractivity contribution in [3.05, 3.63) is 34.4 Å². The molecule has 0 saturated carbocycles. The molecule has 7 heteroatoms. The zero-order valence-electron chi connectivity index (χ0n) is 13.2. The molecule has 0 fully saturated rings. The Hall–Kier alpha value is -2.02. The first-order chi connectivity index (χ1) is 10.7. The third kappa shape index (κ3) is 3.59. The first kappa shape index (κ1) is 16.4. The van der Waals surface area contributed by atoms with Crippen LogP contribution in [0.4, 0.5) is 0 Å². The second-order valence-electron chi connectivity index (χ2n) is 4.75. The molecule has 2 rings (SSSR count). The number of rotatable bonds is 8. The lowest BCUT2D eigenvalue weighted by Gasteiger charge is -2.15. The summed E-state index contributed by atoms with van der Waals surface area (Å²) in [6.45, 7) is 5.21. The minimum atomic E-state index is 0.560. The van der Waals surface area contributed by atoms with Gasteiger partial charge in [-0.15, -0.1) is 0 Å². The van der Waals surface area contributed by atoms with Crippen LogP contribution in [0.3, 0.4) is 0 Å². The maximum atomic E-state index is 5.71. The third-order valence-electron chi connectivity index (χ3n) is 3.21. The molecule has 22 heavy (non-hydrogen) atoms. The molecule has 2 aromatic rings. The largest absolute Gasteiger partial charge is 0.493 e. The third-order valence-corrected chi connectivity index (χ3v) is 3.49. The summed E-state index contributed by atoms with van der Waals surface area (Å²) in [5.41, 5.74) is 4.30. The van der Waals surface area contributed by atoms with E-state index in [9.17, 15) is 0 Å². The van der Waals surface area contributed by atoms with Crippen LogP contribution in [0, 0.1) is 4.77 Å². The maximum absolute atomic E-state index is 5.71. The molecule has 0 amide bonds. The van der Waals surface area contributed by atoms with E-state index in [1.165, 1.54) is 0 Å². The molecule has 6 nitrogen and oxygen atoms in total. The number of ether oxygens (including phenoxy) is 2. The Labute approximate surface area is 135 Å². The van der Waals surface area contributed by atoms with E-state index >= 15 is 0 Å². The fraction of sp³-hybridized carbons (Fsp3) is 0.467. The highest BCUT2D eigenvalue weighted by molar-refractivity contribution is 7.71. The lowest BCUT2D eigenvalue weighted by atomic mass is 10.2. The number of benzene rings is 1. The summed E-state index contributed by atoms with van der Waals surface area (Å²) in [7, 11) is 1.64. The summed E-state index contributed by atoms with van der Waals surface area (Å²) in [5.74, 6) is 2.38. The average Bonchev–Trinajstić information content (AvgIpc) is 2.87. The summed E-state index contributed by atoms with van der Waals surface area (Å²) in [6.07, 6.45) is 1.86. The number of aryl methyl sites for hydroxylation is 1. The number of nitrogens with zero attached hydrogens (tertiary/aromatic N) is 2. The topological polar surface area (TPSA) is 64.1 Å². The monoisotopic (exact) mass is 322 g/mol. The van der Waals surface area contributed by atoms with E-state index in [4.69, 9.17) is 21.7 Å². The van der Waals surface area contributed by atoms with Gasteiger partial charge in [0, 0.05) is 12.0 Å². The van der Waals surface area contributed by atoms with Gasteiger partial charge in [-0.3, -0.25) is 5.10 Å². The molecule has 0 atom stereocenters. The van der Waals surface area contributed by atoms with Crippen LogP contribution in [0.15, 0.2) is 18.2 Å². The molecule has 0 spiro atoms. The van der Waals surface area contributed by atoms with Crippen molar-refractivity contribution in [3.63, 3.8) is 0 Å². The molecule has 0 unspecified atom stereocenters. The van der Waals surface area contributed by atoms with Crippen LogP contribution in [-0.4, -0.2) is 28.6 Å². The van der Waals surface area contributed by atoms with Crippen LogP contribution < -0.4 is 14.9 Å². The first-order valence-electron chi connectivity index (χ1n) is 7.40. The first-order valence-corrected chi connectivity index (χ1v) is 7.80. The fourth-order valence-electron chi connectivity index (χ4n) is 2.22. The Balaban J connectivity index is 2.21. The molecular weight excluding hydrogens is 300 g/mol. The fourth-order valence-corrected chi connectivity index (χ4v) is 2.43. The van der Waals surface area contributed by atoms with Gasteiger partial charge in [0.2, 0.25) is 4.77 Å². The second kappa shape index (κ2) is 7.84. The molecule has 2 N–H and O–H groups in total. The molecule has 0 bridgehead atoms. The van der Waals surface area contributed by atoms with Gasteiger partial charge >= 0.3 is 0 Å². The van der Waals surface area contributed by atoms with E-state index in [1.807, 2.05) is 29.8 Å². The van der Waals surface area contributed by atoms with Crippen molar-refractivity contribution in [3.8, 4) is 11.5 Å².